The van der Waals surface area contributed by atoms with Crippen molar-refractivity contribution in [2.24, 2.45) is 0 Å². The summed E-state index contributed by atoms with van der Waals surface area (Å²) in [6.07, 6.45) is 0.823. The number of aromatic nitrogens is 3. The van der Waals surface area contributed by atoms with E-state index in [1.54, 1.807) is 6.07 Å². The van der Waals surface area contributed by atoms with E-state index in [9.17, 15) is 9.32 Å². The summed E-state index contributed by atoms with van der Waals surface area (Å²) in [6, 6.07) is 9.95. The molecule has 9 nitrogen and oxygen atoms in total. The van der Waals surface area contributed by atoms with Crippen LogP contribution in [0.1, 0.15) is 12.0 Å². The number of pyridine rings is 1. The minimum Gasteiger partial charge on any atom is -0.456 e. The minimum atomic E-state index is -2.46. The lowest BCUT2D eigenvalue weighted by Crippen LogP contribution is -2.34. The van der Waals surface area contributed by atoms with Gasteiger partial charge in [0.15, 0.2) is 11.8 Å². The van der Waals surface area contributed by atoms with Crippen LogP contribution in [0.2, 0.25) is 5.02 Å². The molecule has 0 saturated carbocycles. The van der Waals surface area contributed by atoms with Gasteiger partial charge in [0.05, 0.1) is 35.2 Å². The number of nitrogens with one attached hydrogen (secondary N) is 2. The first kappa shape index (κ1) is 22.0. The fourth-order valence-electron chi connectivity index (χ4n) is 4.64. The highest BCUT2D eigenvalue weighted by Gasteiger charge is 2.48. The van der Waals surface area contributed by atoms with Crippen LogP contribution in [-0.2, 0) is 19.2 Å². The van der Waals surface area contributed by atoms with E-state index in [-0.39, 0.29) is 24.9 Å². The molecule has 11 heteroatoms. The molecule has 0 radical (unpaired) electrons. The van der Waals surface area contributed by atoms with Gasteiger partial charge in [-0.2, -0.15) is 4.98 Å². The summed E-state index contributed by atoms with van der Waals surface area (Å²) in [5.41, 5.74) is 4.73. The highest BCUT2D eigenvalue weighted by Crippen LogP contribution is 2.33. The van der Waals surface area contributed by atoms with Gasteiger partial charge in [-0.05, 0) is 23.6 Å². The Hall–Kier alpha value is -2.50. The van der Waals surface area contributed by atoms with E-state index in [0.717, 1.165) is 16.7 Å². The van der Waals surface area contributed by atoms with Crippen LogP contribution < -0.4 is 4.74 Å². The third-order valence-electron chi connectivity index (χ3n) is 6.48. The number of benzene rings is 1. The SMILES string of the molecule is N=S1(=O)CC=C(c2ccc(-c3nc4nc(OC5CO[C@@H]6[C@H](O)CO[C@H]56)[nH]c4cc3Cl)cc2)CC1. The van der Waals surface area contributed by atoms with Gasteiger partial charge in [-0.1, -0.05) is 41.9 Å². The molecule has 0 aliphatic carbocycles. The predicted molar refractivity (Wildman–Crippen MR) is 127 cm³/mol. The van der Waals surface area contributed by atoms with Crippen molar-refractivity contribution in [3.8, 4) is 17.3 Å². The summed E-state index contributed by atoms with van der Waals surface area (Å²) in [5.74, 6) is 0.702. The van der Waals surface area contributed by atoms with Gasteiger partial charge in [-0.15, -0.1) is 0 Å². The van der Waals surface area contributed by atoms with Crippen LogP contribution in [0.3, 0.4) is 0 Å². The van der Waals surface area contributed by atoms with Crippen LogP contribution in [0, 0.1) is 4.78 Å². The lowest BCUT2D eigenvalue weighted by molar-refractivity contribution is 0.00706. The van der Waals surface area contributed by atoms with Gasteiger partial charge < -0.3 is 24.3 Å². The Morgan fingerprint density at radius 2 is 1.91 bits per heavy atom. The molecule has 3 N–H and O–H groups in total. The second kappa shape index (κ2) is 8.31. The molecule has 2 aromatic heterocycles. The number of aromatic amines is 1. The van der Waals surface area contributed by atoms with Crippen molar-refractivity contribution in [2.45, 2.75) is 30.8 Å². The largest absolute Gasteiger partial charge is 0.456 e. The summed E-state index contributed by atoms with van der Waals surface area (Å²) < 4.78 is 36.8. The lowest BCUT2D eigenvalue weighted by atomic mass is 10.0. The quantitative estimate of drug-likeness (QED) is 0.499. The molecular formula is C23H23ClN4O5S. The first-order chi connectivity index (χ1) is 16.4. The highest BCUT2D eigenvalue weighted by molar-refractivity contribution is 7.92. The molecule has 0 amide bonds. The number of H-pyrrole nitrogens is 1. The topological polar surface area (TPSA) is 130 Å². The predicted octanol–water partition coefficient (Wildman–Crippen LogP) is 3.02. The second-order valence-corrected chi connectivity index (χ2v) is 11.6. The average Bonchev–Trinajstić information content (AvgIpc) is 3.50. The van der Waals surface area contributed by atoms with Crippen molar-refractivity contribution in [2.75, 3.05) is 24.7 Å². The average molecular weight is 503 g/mol. The normalized spacial score (nSPS) is 30.9. The molecule has 2 fully saturated rings. The molecule has 178 valence electrons. The lowest BCUT2D eigenvalue weighted by Gasteiger charge is -2.16. The number of fused-ring (bicyclic) bond motifs is 2. The molecule has 0 spiro atoms. The fourth-order valence-corrected chi connectivity index (χ4v) is 6.09. The minimum absolute atomic E-state index is 0.233. The van der Waals surface area contributed by atoms with Crippen LogP contribution in [-0.4, -0.2) is 73.4 Å². The number of imidazole rings is 1. The van der Waals surface area contributed by atoms with E-state index in [0.29, 0.717) is 52.4 Å². The van der Waals surface area contributed by atoms with Crippen molar-refractivity contribution in [1.82, 2.24) is 15.0 Å². The number of ether oxygens (including phenoxy) is 3. The molecule has 2 unspecified atom stereocenters. The van der Waals surface area contributed by atoms with E-state index in [4.69, 9.17) is 30.6 Å². The monoisotopic (exact) mass is 502 g/mol. The van der Waals surface area contributed by atoms with E-state index in [1.807, 2.05) is 30.3 Å². The zero-order valence-corrected chi connectivity index (χ0v) is 19.6. The Bertz CT molecular complexity index is 1390. The molecule has 0 bridgehead atoms. The van der Waals surface area contributed by atoms with E-state index in [1.165, 1.54) is 0 Å². The van der Waals surface area contributed by atoms with Gasteiger partial charge in [0, 0.05) is 21.0 Å². The molecule has 3 aliphatic heterocycles. The number of aliphatic hydroxyl groups is 1. The molecule has 5 heterocycles. The van der Waals surface area contributed by atoms with E-state index >= 15 is 0 Å². The summed E-state index contributed by atoms with van der Waals surface area (Å²) in [4.78, 5) is 12.2. The first-order valence-corrected chi connectivity index (χ1v) is 13.3. The summed E-state index contributed by atoms with van der Waals surface area (Å²) in [6.45, 7) is 0.543. The smallest absolute Gasteiger partial charge is 0.296 e. The number of halogens is 1. The van der Waals surface area contributed by atoms with Gasteiger partial charge >= 0.3 is 0 Å². The highest BCUT2D eigenvalue weighted by atomic mass is 35.5. The molecule has 3 aliphatic rings. The Labute approximate surface area is 201 Å². The molecule has 6 rings (SSSR count). The van der Waals surface area contributed by atoms with Crippen LogP contribution in [0.5, 0.6) is 6.01 Å². The maximum absolute atomic E-state index is 11.9. The molecule has 34 heavy (non-hydrogen) atoms. The van der Waals surface area contributed by atoms with Crippen molar-refractivity contribution in [3.63, 3.8) is 0 Å². The molecule has 1 aromatic carbocycles. The Morgan fingerprint density at radius 1 is 1.15 bits per heavy atom. The number of nitrogens with zero attached hydrogens (tertiary/aromatic N) is 2. The summed E-state index contributed by atoms with van der Waals surface area (Å²) in [5, 5.41) is 10.4. The van der Waals surface area contributed by atoms with Gasteiger partial charge in [0.2, 0.25) is 0 Å². The van der Waals surface area contributed by atoms with Gasteiger partial charge in [-0.25, -0.2) is 9.19 Å². The molecular weight excluding hydrogens is 480 g/mol. The van der Waals surface area contributed by atoms with Crippen LogP contribution in [0.15, 0.2) is 36.4 Å². The van der Waals surface area contributed by atoms with Gasteiger partial charge in [0.25, 0.3) is 6.01 Å². The van der Waals surface area contributed by atoms with Crippen molar-refractivity contribution >= 4 is 38.1 Å². The molecule has 2 saturated heterocycles. The number of hydrogen-bond donors (Lipinski definition) is 3. The Kier molecular flexibility index (Phi) is 5.38. The van der Waals surface area contributed by atoms with Crippen molar-refractivity contribution in [3.05, 3.63) is 47.0 Å². The molecule has 3 aromatic rings. The Balaban J connectivity index is 1.23. The third kappa shape index (κ3) is 3.99. The fraction of sp³-hybridized carbons (Fsp3) is 0.391. The standard InChI is InChI=1S/C23H23ClN4O5S/c24-15-9-16-22(28-23(26-16)33-18-11-32-20-17(29)10-31-21(18)20)27-19(15)14-3-1-12(2-4-14)13-5-7-34(25,30)8-6-13/h1-5,9,17-18,20-21,25,29H,6-8,10-11H2,(H,26,27,28)/t17-,18?,20-,21-,34?/m1/s1. The second-order valence-electron chi connectivity index (χ2n) is 8.79. The first-order valence-electron chi connectivity index (χ1n) is 11.0. The zero-order chi connectivity index (χ0) is 23.4. The van der Waals surface area contributed by atoms with Crippen molar-refractivity contribution < 1.29 is 23.5 Å². The maximum atomic E-state index is 11.9. The zero-order valence-electron chi connectivity index (χ0n) is 18.1. The number of allylic oxidation sites excluding steroid dienone is 1. The summed E-state index contributed by atoms with van der Waals surface area (Å²) in [7, 11) is -2.46. The maximum Gasteiger partial charge on any atom is 0.296 e. The van der Waals surface area contributed by atoms with Crippen LogP contribution in [0.4, 0.5) is 0 Å². The number of rotatable bonds is 4. The molecule has 5 atom stereocenters. The van der Waals surface area contributed by atoms with Gasteiger partial charge in [-0.3, -0.25) is 4.78 Å². The summed E-state index contributed by atoms with van der Waals surface area (Å²) >= 11 is 6.54. The van der Waals surface area contributed by atoms with E-state index in [2.05, 4.69) is 15.0 Å². The van der Waals surface area contributed by atoms with Crippen molar-refractivity contribution in [1.29, 1.82) is 4.78 Å². The van der Waals surface area contributed by atoms with Crippen LogP contribution >= 0.6 is 11.6 Å². The third-order valence-corrected chi connectivity index (χ3v) is 8.34. The Morgan fingerprint density at radius 3 is 2.68 bits per heavy atom. The van der Waals surface area contributed by atoms with Gasteiger partial charge in [0.1, 0.15) is 18.3 Å². The van der Waals surface area contributed by atoms with Crippen LogP contribution in [0.25, 0.3) is 28.0 Å². The van der Waals surface area contributed by atoms with E-state index < -0.39 is 15.8 Å². The number of hydrogen-bond acceptors (Lipinski definition) is 8. The number of aliphatic hydroxyl groups excluding tert-OH is 1.